The first kappa shape index (κ1) is 9.77. The van der Waals surface area contributed by atoms with E-state index in [1.165, 1.54) is 0 Å². The van der Waals surface area contributed by atoms with Crippen LogP contribution < -0.4 is 0 Å². The second-order valence-corrected chi connectivity index (χ2v) is 1.05. The third-order valence-electron chi connectivity index (χ3n) is 0.571. The third kappa shape index (κ3) is 5.59. The van der Waals surface area contributed by atoms with Crippen molar-refractivity contribution in [2.75, 3.05) is 6.61 Å². The number of carbonyl (C=O) groups is 1. The summed E-state index contributed by atoms with van der Waals surface area (Å²) < 4.78 is 0. The number of aliphatic hydroxyl groups excluding tert-OH is 1. The molecule has 0 spiro atoms. The van der Waals surface area contributed by atoms with Crippen molar-refractivity contribution >= 4 is 5.78 Å². The zero-order valence-electron chi connectivity index (χ0n) is 4.27. The van der Waals surface area contributed by atoms with Crippen molar-refractivity contribution < 1.29 is 15.4 Å². The van der Waals surface area contributed by atoms with Crippen molar-refractivity contribution in [2.24, 2.45) is 0 Å². The Balaban J connectivity index is 0. The van der Waals surface area contributed by atoms with E-state index >= 15 is 0 Å². The summed E-state index contributed by atoms with van der Waals surface area (Å²) in [4.78, 5) is 9.93. The molecule has 0 atom stereocenters. The van der Waals surface area contributed by atoms with E-state index in [1.54, 1.807) is 6.92 Å². The Hall–Kier alpha value is -0.410. The van der Waals surface area contributed by atoms with Crippen molar-refractivity contribution in [3.63, 3.8) is 0 Å². The van der Waals surface area contributed by atoms with E-state index in [2.05, 4.69) is 0 Å². The van der Waals surface area contributed by atoms with Crippen LogP contribution in [0.15, 0.2) is 0 Å². The third-order valence-corrected chi connectivity index (χ3v) is 0.571. The lowest BCUT2D eigenvalue weighted by Crippen LogP contribution is -1.99. The fourth-order valence-corrected chi connectivity index (χ4v) is 0.112. The van der Waals surface area contributed by atoms with Gasteiger partial charge in [-0.2, -0.15) is 0 Å². The summed E-state index contributed by atoms with van der Waals surface area (Å²) in [6.07, 6.45) is 0.441. The van der Waals surface area contributed by atoms with Crippen LogP contribution in [0.3, 0.4) is 0 Å². The number of ketones is 1. The maximum absolute atomic E-state index is 9.93. The summed E-state index contributed by atoms with van der Waals surface area (Å²) in [6, 6.07) is 0. The van der Waals surface area contributed by atoms with E-state index in [9.17, 15) is 4.79 Å². The van der Waals surface area contributed by atoms with Crippen molar-refractivity contribution in [2.45, 2.75) is 13.3 Å². The second kappa shape index (κ2) is 5.59. The molecule has 0 aromatic carbocycles. The van der Waals surface area contributed by atoms with Gasteiger partial charge in [0.25, 0.3) is 0 Å². The fraction of sp³-hybridized carbons (Fsp3) is 0.750. The SMILES string of the molecule is CCC(=O)CO.O. The highest BCUT2D eigenvalue weighted by atomic mass is 16.3. The zero-order chi connectivity index (χ0) is 4.99. The Bertz CT molecular complexity index is 44.9. The highest BCUT2D eigenvalue weighted by Gasteiger charge is 1.88. The van der Waals surface area contributed by atoms with Gasteiger partial charge in [-0.25, -0.2) is 0 Å². The summed E-state index contributed by atoms with van der Waals surface area (Å²) in [5.41, 5.74) is 0. The number of hydrogen-bond acceptors (Lipinski definition) is 2. The molecule has 3 nitrogen and oxygen atoms in total. The number of Topliss-reactive ketones (excluding diaryl/α,β-unsaturated/α-hetero) is 1. The lowest BCUT2D eigenvalue weighted by molar-refractivity contribution is -0.121. The molecule has 0 bridgehead atoms. The molecule has 0 aromatic heterocycles. The van der Waals surface area contributed by atoms with Gasteiger partial charge in [0.15, 0.2) is 5.78 Å². The minimum absolute atomic E-state index is 0. The molecule has 0 aromatic rings. The van der Waals surface area contributed by atoms with Crippen molar-refractivity contribution in [3.05, 3.63) is 0 Å². The Kier molecular flexibility index (Phi) is 7.81. The van der Waals surface area contributed by atoms with Crippen LogP contribution in [0.4, 0.5) is 0 Å². The van der Waals surface area contributed by atoms with E-state index in [0.29, 0.717) is 6.42 Å². The van der Waals surface area contributed by atoms with Crippen LogP contribution in [-0.4, -0.2) is 23.0 Å². The van der Waals surface area contributed by atoms with Gasteiger partial charge in [0.05, 0.1) is 0 Å². The molecular weight excluding hydrogens is 96.0 g/mol. The van der Waals surface area contributed by atoms with Gasteiger partial charge in [-0.15, -0.1) is 0 Å². The minimum Gasteiger partial charge on any atom is -0.412 e. The van der Waals surface area contributed by atoms with Gasteiger partial charge >= 0.3 is 0 Å². The molecule has 3 heteroatoms. The standard InChI is InChI=1S/C4H8O2.H2O/c1-2-4(6)3-5;/h5H,2-3H2,1H3;1H2. The van der Waals surface area contributed by atoms with Crippen LogP contribution in [0, 0.1) is 0 Å². The molecule has 3 N–H and O–H groups in total. The normalized spacial score (nSPS) is 7.14. The van der Waals surface area contributed by atoms with Gasteiger partial charge in [-0.05, 0) is 0 Å². The number of hydrogen-bond donors (Lipinski definition) is 1. The highest BCUT2D eigenvalue weighted by Crippen LogP contribution is 1.73. The summed E-state index contributed by atoms with van der Waals surface area (Å²) in [6.45, 7) is 1.41. The molecule has 0 amide bonds. The smallest absolute Gasteiger partial charge is 0.157 e. The molecule has 0 rings (SSSR count). The lowest BCUT2D eigenvalue weighted by Gasteiger charge is -1.81. The molecule has 0 saturated heterocycles. The van der Waals surface area contributed by atoms with Crippen LogP contribution in [0.25, 0.3) is 0 Å². The first-order valence-electron chi connectivity index (χ1n) is 1.93. The molecule has 0 aliphatic rings. The molecule has 0 heterocycles. The molecule has 7 heavy (non-hydrogen) atoms. The van der Waals surface area contributed by atoms with Gasteiger partial charge in [0.1, 0.15) is 6.61 Å². The lowest BCUT2D eigenvalue weighted by atomic mass is 10.3. The number of carbonyl (C=O) groups excluding carboxylic acids is 1. The quantitative estimate of drug-likeness (QED) is 0.497. The van der Waals surface area contributed by atoms with Gasteiger partial charge < -0.3 is 10.6 Å². The van der Waals surface area contributed by atoms with Crippen molar-refractivity contribution in [3.8, 4) is 0 Å². The van der Waals surface area contributed by atoms with E-state index in [0.717, 1.165) is 0 Å². The number of aliphatic hydroxyl groups is 1. The van der Waals surface area contributed by atoms with Crippen LogP contribution >= 0.6 is 0 Å². The average molecular weight is 106 g/mol. The molecule has 0 unspecified atom stereocenters. The molecule has 0 aliphatic heterocycles. The Labute approximate surface area is 42.3 Å². The molecular formula is C4H10O3. The highest BCUT2D eigenvalue weighted by molar-refractivity contribution is 5.78. The predicted octanol–water partition coefficient (Wildman–Crippen LogP) is -0.867. The van der Waals surface area contributed by atoms with Gasteiger partial charge in [-0.1, -0.05) is 6.92 Å². The molecule has 0 saturated carbocycles. The summed E-state index contributed by atoms with van der Waals surface area (Å²) in [5.74, 6) is -0.102. The van der Waals surface area contributed by atoms with Crippen LogP contribution in [0.2, 0.25) is 0 Å². The summed E-state index contributed by atoms with van der Waals surface area (Å²) in [5, 5.41) is 7.99. The van der Waals surface area contributed by atoms with E-state index in [1.807, 2.05) is 0 Å². The maximum Gasteiger partial charge on any atom is 0.157 e. The summed E-state index contributed by atoms with van der Waals surface area (Å²) in [7, 11) is 0. The van der Waals surface area contributed by atoms with Crippen molar-refractivity contribution in [1.29, 1.82) is 0 Å². The van der Waals surface area contributed by atoms with Gasteiger partial charge in [-0.3, -0.25) is 4.79 Å². The van der Waals surface area contributed by atoms with E-state index < -0.39 is 0 Å². The monoisotopic (exact) mass is 106 g/mol. The van der Waals surface area contributed by atoms with Crippen LogP contribution in [0.1, 0.15) is 13.3 Å². The molecule has 0 aliphatic carbocycles. The van der Waals surface area contributed by atoms with Crippen LogP contribution in [-0.2, 0) is 4.79 Å². The topological polar surface area (TPSA) is 68.8 Å². The van der Waals surface area contributed by atoms with Gasteiger partial charge in [0.2, 0.25) is 0 Å². The Morgan fingerprint density at radius 2 is 2.14 bits per heavy atom. The second-order valence-electron chi connectivity index (χ2n) is 1.05. The minimum atomic E-state index is -0.309. The fourth-order valence-electron chi connectivity index (χ4n) is 0.112. The summed E-state index contributed by atoms with van der Waals surface area (Å²) >= 11 is 0. The van der Waals surface area contributed by atoms with E-state index in [4.69, 9.17) is 5.11 Å². The largest absolute Gasteiger partial charge is 0.412 e. The first-order chi connectivity index (χ1) is 2.81. The molecule has 0 radical (unpaired) electrons. The Morgan fingerprint density at radius 1 is 1.71 bits per heavy atom. The molecule has 0 fully saturated rings. The predicted molar refractivity (Wildman–Crippen MR) is 26.0 cm³/mol. The molecule has 44 valence electrons. The van der Waals surface area contributed by atoms with Crippen LogP contribution in [0.5, 0.6) is 0 Å². The van der Waals surface area contributed by atoms with E-state index in [-0.39, 0.29) is 17.9 Å². The van der Waals surface area contributed by atoms with Crippen molar-refractivity contribution in [1.82, 2.24) is 0 Å². The average Bonchev–Trinajstić information content (AvgIpc) is 1.65. The number of rotatable bonds is 2. The Morgan fingerprint density at radius 3 is 2.14 bits per heavy atom. The first-order valence-corrected chi connectivity index (χ1v) is 1.93. The van der Waals surface area contributed by atoms with Gasteiger partial charge in [0, 0.05) is 6.42 Å². The zero-order valence-corrected chi connectivity index (χ0v) is 4.27. The maximum atomic E-state index is 9.93.